The quantitative estimate of drug-likeness (QED) is 0.697. The van der Waals surface area contributed by atoms with Crippen LogP contribution >= 0.6 is 11.6 Å². The van der Waals surface area contributed by atoms with Gasteiger partial charge in [0.25, 0.3) is 0 Å². The zero-order valence-corrected chi connectivity index (χ0v) is 17.9. The van der Waals surface area contributed by atoms with Crippen molar-refractivity contribution in [2.45, 2.75) is 31.6 Å². The van der Waals surface area contributed by atoms with E-state index in [1.807, 2.05) is 12.1 Å². The number of aryl methyl sites for hydroxylation is 1. The molecule has 0 bridgehead atoms. The number of hydrogen-bond donors (Lipinski definition) is 1. The van der Waals surface area contributed by atoms with Crippen LogP contribution in [0.4, 0.5) is 11.4 Å². The number of nitrogens with two attached hydrogens (primary N) is 1. The van der Waals surface area contributed by atoms with Crippen molar-refractivity contribution in [3.8, 4) is 5.75 Å². The second-order valence-corrected chi connectivity index (χ2v) is 8.58. The van der Waals surface area contributed by atoms with Crippen LogP contribution in [0.15, 0.2) is 48.7 Å². The highest BCUT2D eigenvalue weighted by Gasteiger charge is 2.25. The first-order chi connectivity index (χ1) is 14.0. The normalized spacial score (nSPS) is 17.8. The number of fused-ring (bicyclic) bond motifs is 1. The maximum Gasteiger partial charge on any atom is 0.118 e. The van der Waals surface area contributed by atoms with Crippen LogP contribution in [0.3, 0.4) is 0 Å². The van der Waals surface area contributed by atoms with E-state index in [1.54, 1.807) is 7.11 Å². The van der Waals surface area contributed by atoms with E-state index < -0.39 is 0 Å². The van der Waals surface area contributed by atoms with E-state index in [0.717, 1.165) is 61.8 Å². The van der Waals surface area contributed by atoms with Crippen molar-refractivity contribution in [1.82, 2.24) is 4.90 Å². The predicted octanol–water partition coefficient (Wildman–Crippen LogP) is 5.08. The van der Waals surface area contributed by atoms with Crippen LogP contribution in [0.25, 0.3) is 0 Å². The van der Waals surface area contributed by atoms with Gasteiger partial charge in [0, 0.05) is 23.8 Å². The second kappa shape index (κ2) is 8.68. The summed E-state index contributed by atoms with van der Waals surface area (Å²) in [5.74, 6) is 1.55. The Kier molecular flexibility index (Phi) is 6.02. The molecule has 4 rings (SSSR count). The predicted molar refractivity (Wildman–Crippen MR) is 122 cm³/mol. The highest BCUT2D eigenvalue weighted by atomic mass is 35.5. The molecule has 0 aromatic heterocycles. The number of nitrogens with zero attached hydrogens (tertiary/aromatic N) is 2. The third-order valence-electron chi connectivity index (χ3n) is 6.24. The molecule has 1 fully saturated rings. The van der Waals surface area contributed by atoms with Crippen LogP contribution in [0, 0.1) is 0 Å². The number of hydrogen-bond acceptors (Lipinski definition) is 4. The molecule has 2 aromatic rings. The number of halogens is 1. The number of anilines is 2. The molecule has 0 atom stereocenters. The highest BCUT2D eigenvalue weighted by molar-refractivity contribution is 6.31. The van der Waals surface area contributed by atoms with E-state index in [9.17, 15) is 0 Å². The van der Waals surface area contributed by atoms with Gasteiger partial charge in [0.05, 0.1) is 18.5 Å². The van der Waals surface area contributed by atoms with Gasteiger partial charge in [0.1, 0.15) is 5.75 Å². The molecule has 0 amide bonds. The van der Waals surface area contributed by atoms with Crippen LogP contribution in [-0.4, -0.2) is 38.2 Å². The molecule has 0 unspecified atom stereocenters. The summed E-state index contributed by atoms with van der Waals surface area (Å²) in [6.07, 6.45) is 4.48. The lowest BCUT2D eigenvalue weighted by atomic mass is 9.89. The first-order valence-corrected chi connectivity index (χ1v) is 10.8. The summed E-state index contributed by atoms with van der Waals surface area (Å²) in [7, 11) is 1.71. The molecule has 0 spiro atoms. The average molecular weight is 412 g/mol. The lowest BCUT2D eigenvalue weighted by Gasteiger charge is -2.38. The van der Waals surface area contributed by atoms with Crippen LogP contribution in [0.2, 0.25) is 5.02 Å². The van der Waals surface area contributed by atoms with Gasteiger partial charge in [-0.1, -0.05) is 30.3 Å². The standard InChI is InChI=1S/C24H30ClN3O/c1-17(28-11-3-4-20-14-21(25)15-23(26)24(20)28)16-27-12-9-19(10-13-27)18-5-7-22(29-2)8-6-18/h5-8,14-15,19H,1,3-4,9-13,16,26H2,2H3. The van der Waals surface area contributed by atoms with Crippen molar-refractivity contribution in [2.24, 2.45) is 0 Å². The van der Waals surface area contributed by atoms with Crippen molar-refractivity contribution in [1.29, 1.82) is 0 Å². The first-order valence-electron chi connectivity index (χ1n) is 10.4. The van der Waals surface area contributed by atoms with Crippen molar-refractivity contribution in [2.75, 3.05) is 43.9 Å². The van der Waals surface area contributed by atoms with Crippen molar-refractivity contribution in [3.05, 3.63) is 64.8 Å². The summed E-state index contributed by atoms with van der Waals surface area (Å²) in [6, 6.07) is 12.4. The van der Waals surface area contributed by atoms with Gasteiger partial charge in [0.2, 0.25) is 0 Å². The molecule has 0 aliphatic carbocycles. The van der Waals surface area contributed by atoms with Crippen LogP contribution < -0.4 is 15.4 Å². The number of methoxy groups -OCH3 is 1. The Morgan fingerprint density at radius 2 is 1.90 bits per heavy atom. The van der Waals surface area contributed by atoms with Gasteiger partial charge < -0.3 is 15.4 Å². The minimum Gasteiger partial charge on any atom is -0.497 e. The van der Waals surface area contributed by atoms with Gasteiger partial charge in [-0.15, -0.1) is 0 Å². The Bertz CT molecular complexity index is 872. The Labute approximate surface area is 178 Å². The maximum atomic E-state index is 6.32. The maximum absolute atomic E-state index is 6.32. The monoisotopic (exact) mass is 411 g/mol. The first kappa shape index (κ1) is 20.1. The van der Waals surface area contributed by atoms with Crippen molar-refractivity contribution in [3.63, 3.8) is 0 Å². The molecule has 29 heavy (non-hydrogen) atoms. The molecular formula is C24H30ClN3O. The van der Waals surface area contributed by atoms with Crippen LogP contribution in [-0.2, 0) is 6.42 Å². The average Bonchev–Trinajstić information content (AvgIpc) is 2.73. The Hall–Kier alpha value is -2.17. The number of nitrogen functional groups attached to an aromatic ring is 1. The van der Waals surface area contributed by atoms with Gasteiger partial charge in [-0.2, -0.15) is 0 Å². The van der Waals surface area contributed by atoms with Gasteiger partial charge in [-0.25, -0.2) is 0 Å². The Morgan fingerprint density at radius 1 is 1.17 bits per heavy atom. The minimum absolute atomic E-state index is 0.624. The highest BCUT2D eigenvalue weighted by Crippen LogP contribution is 2.38. The summed E-state index contributed by atoms with van der Waals surface area (Å²) in [5, 5.41) is 0.717. The molecule has 4 nitrogen and oxygen atoms in total. The third-order valence-corrected chi connectivity index (χ3v) is 6.46. The molecule has 1 saturated heterocycles. The molecule has 2 aliphatic rings. The molecule has 5 heteroatoms. The fourth-order valence-corrected chi connectivity index (χ4v) is 4.95. The Balaban J connectivity index is 1.37. The number of likely N-dealkylation sites (tertiary alicyclic amines) is 1. The molecule has 2 aliphatic heterocycles. The topological polar surface area (TPSA) is 41.7 Å². The summed E-state index contributed by atoms with van der Waals surface area (Å²) in [5.41, 5.74) is 12.0. The van der Waals surface area contributed by atoms with Gasteiger partial charge >= 0.3 is 0 Å². The fourth-order valence-electron chi connectivity index (χ4n) is 4.70. The molecular weight excluding hydrogens is 382 g/mol. The smallest absolute Gasteiger partial charge is 0.118 e. The Morgan fingerprint density at radius 3 is 2.59 bits per heavy atom. The summed E-state index contributed by atoms with van der Waals surface area (Å²) in [6.45, 7) is 8.45. The second-order valence-electron chi connectivity index (χ2n) is 8.15. The van der Waals surface area contributed by atoms with E-state index in [-0.39, 0.29) is 0 Å². The third kappa shape index (κ3) is 4.39. The molecule has 2 N–H and O–H groups in total. The largest absolute Gasteiger partial charge is 0.497 e. The van der Waals surface area contributed by atoms with Crippen LogP contribution in [0.1, 0.15) is 36.3 Å². The van der Waals surface area contributed by atoms with E-state index in [2.05, 4.69) is 40.6 Å². The molecule has 0 radical (unpaired) electrons. The SMILES string of the molecule is C=C(CN1CCC(c2ccc(OC)cc2)CC1)N1CCCc2cc(Cl)cc(N)c21. The van der Waals surface area contributed by atoms with Crippen LogP contribution in [0.5, 0.6) is 5.75 Å². The molecule has 154 valence electrons. The summed E-state index contributed by atoms with van der Waals surface area (Å²) < 4.78 is 5.28. The number of ether oxygens (including phenoxy) is 1. The zero-order chi connectivity index (χ0) is 20.4. The number of piperidine rings is 1. The lowest BCUT2D eigenvalue weighted by molar-refractivity contribution is 0.227. The molecule has 2 heterocycles. The number of rotatable bonds is 5. The summed E-state index contributed by atoms with van der Waals surface area (Å²) in [4.78, 5) is 4.82. The molecule has 0 saturated carbocycles. The van der Waals surface area contributed by atoms with Gasteiger partial charge in [-0.05, 0) is 80.1 Å². The minimum atomic E-state index is 0.624. The zero-order valence-electron chi connectivity index (χ0n) is 17.2. The van der Waals surface area contributed by atoms with Crippen molar-refractivity contribution < 1.29 is 4.74 Å². The van der Waals surface area contributed by atoms with Gasteiger partial charge in [0.15, 0.2) is 0 Å². The van der Waals surface area contributed by atoms with E-state index in [0.29, 0.717) is 10.9 Å². The number of benzene rings is 2. The molecule has 2 aromatic carbocycles. The van der Waals surface area contributed by atoms with E-state index in [1.165, 1.54) is 24.0 Å². The fraction of sp³-hybridized carbons (Fsp3) is 0.417. The van der Waals surface area contributed by atoms with E-state index >= 15 is 0 Å². The van der Waals surface area contributed by atoms with E-state index in [4.69, 9.17) is 22.1 Å². The van der Waals surface area contributed by atoms with Crippen molar-refractivity contribution >= 4 is 23.0 Å². The van der Waals surface area contributed by atoms with Gasteiger partial charge in [-0.3, -0.25) is 4.90 Å². The lowest BCUT2D eigenvalue weighted by Crippen LogP contribution is -2.39. The summed E-state index contributed by atoms with van der Waals surface area (Å²) >= 11 is 6.21.